The first kappa shape index (κ1) is 15.7. The maximum Gasteiger partial charge on any atom is 0.118 e. The fourth-order valence-corrected chi connectivity index (χ4v) is 4.26. The minimum Gasteiger partial charge on any atom is -0.497 e. The van der Waals surface area contributed by atoms with Gasteiger partial charge in [-0.25, -0.2) is 0 Å². The number of ether oxygens (including phenoxy) is 1. The molecule has 1 aromatic rings. The fraction of sp³-hybridized carbons (Fsp3) is 0.647. The first-order chi connectivity index (χ1) is 9.83. The summed E-state index contributed by atoms with van der Waals surface area (Å²) in [6.07, 6.45) is 7.10. The summed E-state index contributed by atoms with van der Waals surface area (Å²) >= 11 is 2.16. The molecule has 0 bridgehead atoms. The van der Waals surface area contributed by atoms with Gasteiger partial charge >= 0.3 is 0 Å². The van der Waals surface area contributed by atoms with Crippen LogP contribution < -0.4 is 10.1 Å². The van der Waals surface area contributed by atoms with E-state index in [0.29, 0.717) is 6.04 Å². The first-order valence-corrected chi connectivity index (χ1v) is 8.87. The first-order valence-electron chi connectivity index (χ1n) is 7.82. The van der Waals surface area contributed by atoms with Gasteiger partial charge in [0.2, 0.25) is 0 Å². The maximum absolute atomic E-state index is 5.24. The van der Waals surface area contributed by atoms with Crippen LogP contribution in [0.3, 0.4) is 0 Å². The molecule has 0 heterocycles. The standard InChI is InChI=1S/C17H27NOS/c1-3-18-17(13-20-16-7-5-4-6-8-16)14-9-11-15(19-2)12-10-14/h9-12,16-18H,3-8,13H2,1-2H3. The van der Waals surface area contributed by atoms with Crippen molar-refractivity contribution in [1.29, 1.82) is 0 Å². The molecule has 1 N–H and O–H groups in total. The second-order valence-corrected chi connectivity index (χ2v) is 6.81. The summed E-state index contributed by atoms with van der Waals surface area (Å²) in [5.74, 6) is 2.11. The molecule has 1 unspecified atom stereocenters. The number of methoxy groups -OCH3 is 1. The van der Waals surface area contributed by atoms with Crippen molar-refractivity contribution in [2.24, 2.45) is 0 Å². The van der Waals surface area contributed by atoms with Crippen molar-refractivity contribution >= 4 is 11.8 Å². The molecule has 1 aliphatic rings. The van der Waals surface area contributed by atoms with E-state index in [-0.39, 0.29) is 0 Å². The van der Waals surface area contributed by atoms with Crippen LogP contribution >= 0.6 is 11.8 Å². The molecule has 1 aromatic carbocycles. The Kier molecular flexibility index (Phi) is 6.74. The predicted octanol–water partition coefficient (Wildman–Crippen LogP) is 4.41. The number of rotatable bonds is 7. The van der Waals surface area contributed by atoms with Gasteiger partial charge in [-0.15, -0.1) is 0 Å². The molecule has 3 heteroatoms. The van der Waals surface area contributed by atoms with Gasteiger partial charge in [0.1, 0.15) is 5.75 Å². The lowest BCUT2D eigenvalue weighted by Crippen LogP contribution is -2.24. The third-order valence-corrected chi connectivity index (χ3v) is 5.49. The van der Waals surface area contributed by atoms with Crippen LogP contribution in [0.4, 0.5) is 0 Å². The molecule has 1 atom stereocenters. The van der Waals surface area contributed by atoms with Crippen LogP contribution in [0.5, 0.6) is 5.75 Å². The molecule has 0 radical (unpaired) electrons. The predicted molar refractivity (Wildman–Crippen MR) is 88.7 cm³/mol. The Labute approximate surface area is 127 Å². The van der Waals surface area contributed by atoms with Gasteiger partial charge in [0.15, 0.2) is 0 Å². The van der Waals surface area contributed by atoms with E-state index in [2.05, 4.69) is 48.3 Å². The van der Waals surface area contributed by atoms with Crippen molar-refractivity contribution in [3.8, 4) is 5.75 Å². The number of hydrogen-bond acceptors (Lipinski definition) is 3. The Hall–Kier alpha value is -0.670. The lowest BCUT2D eigenvalue weighted by molar-refractivity contribution is 0.414. The van der Waals surface area contributed by atoms with E-state index in [1.165, 1.54) is 43.4 Å². The molecule has 20 heavy (non-hydrogen) atoms. The highest BCUT2D eigenvalue weighted by Gasteiger charge is 2.17. The Bertz CT molecular complexity index is 373. The SMILES string of the molecule is CCNC(CSC1CCCCC1)c1ccc(OC)cc1. The Balaban J connectivity index is 1.90. The number of hydrogen-bond donors (Lipinski definition) is 1. The average molecular weight is 293 g/mol. The molecule has 0 aromatic heterocycles. The van der Waals surface area contributed by atoms with E-state index in [4.69, 9.17) is 4.74 Å². The van der Waals surface area contributed by atoms with Crippen LogP contribution in [-0.2, 0) is 0 Å². The second kappa shape index (κ2) is 8.58. The van der Waals surface area contributed by atoms with Gasteiger partial charge in [-0.3, -0.25) is 0 Å². The van der Waals surface area contributed by atoms with Crippen LogP contribution in [0.1, 0.15) is 50.6 Å². The summed E-state index contributed by atoms with van der Waals surface area (Å²) in [7, 11) is 1.72. The van der Waals surface area contributed by atoms with E-state index >= 15 is 0 Å². The topological polar surface area (TPSA) is 21.3 Å². The lowest BCUT2D eigenvalue weighted by atomic mass is 10.0. The van der Waals surface area contributed by atoms with Crippen LogP contribution in [0.25, 0.3) is 0 Å². The third-order valence-electron chi connectivity index (χ3n) is 4.02. The largest absolute Gasteiger partial charge is 0.497 e. The van der Waals surface area contributed by atoms with Crippen LogP contribution in [0, 0.1) is 0 Å². The summed E-state index contributed by atoms with van der Waals surface area (Å²) < 4.78 is 5.24. The van der Waals surface area contributed by atoms with Crippen molar-refractivity contribution in [2.45, 2.75) is 50.3 Å². The average Bonchev–Trinajstić information content (AvgIpc) is 2.52. The Morgan fingerprint density at radius 2 is 1.90 bits per heavy atom. The number of nitrogens with one attached hydrogen (secondary N) is 1. The summed E-state index contributed by atoms with van der Waals surface area (Å²) in [5.41, 5.74) is 1.37. The molecular formula is C17H27NOS. The molecule has 112 valence electrons. The molecule has 0 aliphatic heterocycles. The van der Waals surface area contributed by atoms with Crippen molar-refractivity contribution < 1.29 is 4.74 Å². The molecule has 0 amide bonds. The van der Waals surface area contributed by atoms with Crippen molar-refractivity contribution in [1.82, 2.24) is 5.32 Å². The summed E-state index contributed by atoms with van der Waals surface area (Å²) in [6.45, 7) is 3.20. The van der Waals surface area contributed by atoms with Gasteiger partial charge < -0.3 is 10.1 Å². The van der Waals surface area contributed by atoms with Crippen molar-refractivity contribution in [3.63, 3.8) is 0 Å². The van der Waals surface area contributed by atoms with E-state index in [1.54, 1.807) is 7.11 Å². The molecule has 0 spiro atoms. The van der Waals surface area contributed by atoms with Crippen LogP contribution in [-0.4, -0.2) is 24.7 Å². The molecule has 2 rings (SSSR count). The highest BCUT2D eigenvalue weighted by molar-refractivity contribution is 7.99. The van der Waals surface area contributed by atoms with E-state index in [0.717, 1.165) is 17.5 Å². The van der Waals surface area contributed by atoms with Gasteiger partial charge in [0, 0.05) is 17.0 Å². The maximum atomic E-state index is 5.24. The van der Waals surface area contributed by atoms with Gasteiger partial charge in [0.05, 0.1) is 7.11 Å². The van der Waals surface area contributed by atoms with Crippen LogP contribution in [0.15, 0.2) is 24.3 Å². The highest BCUT2D eigenvalue weighted by Crippen LogP contribution is 2.31. The quantitative estimate of drug-likeness (QED) is 0.804. The van der Waals surface area contributed by atoms with Crippen molar-refractivity contribution in [2.75, 3.05) is 19.4 Å². The zero-order chi connectivity index (χ0) is 14.2. The van der Waals surface area contributed by atoms with E-state index in [9.17, 15) is 0 Å². The highest BCUT2D eigenvalue weighted by atomic mass is 32.2. The molecule has 1 saturated carbocycles. The van der Waals surface area contributed by atoms with Gasteiger partial charge in [-0.1, -0.05) is 38.3 Å². The number of benzene rings is 1. The Morgan fingerprint density at radius 1 is 1.20 bits per heavy atom. The third kappa shape index (κ3) is 4.71. The minimum absolute atomic E-state index is 0.456. The Morgan fingerprint density at radius 3 is 2.50 bits per heavy atom. The molecule has 0 saturated heterocycles. The molecule has 1 fully saturated rings. The second-order valence-electron chi connectivity index (χ2n) is 5.48. The lowest BCUT2D eigenvalue weighted by Gasteiger charge is -2.24. The van der Waals surface area contributed by atoms with Gasteiger partial charge in [0.25, 0.3) is 0 Å². The van der Waals surface area contributed by atoms with Gasteiger partial charge in [-0.05, 0) is 37.1 Å². The van der Waals surface area contributed by atoms with Crippen molar-refractivity contribution in [3.05, 3.63) is 29.8 Å². The summed E-state index contributed by atoms with van der Waals surface area (Å²) in [6, 6.07) is 8.95. The normalized spacial score (nSPS) is 17.9. The zero-order valence-electron chi connectivity index (χ0n) is 12.7. The fourth-order valence-electron chi connectivity index (χ4n) is 2.82. The van der Waals surface area contributed by atoms with E-state index in [1.807, 2.05) is 0 Å². The van der Waals surface area contributed by atoms with E-state index < -0.39 is 0 Å². The molecule has 2 nitrogen and oxygen atoms in total. The monoisotopic (exact) mass is 293 g/mol. The van der Waals surface area contributed by atoms with Gasteiger partial charge in [-0.2, -0.15) is 11.8 Å². The minimum atomic E-state index is 0.456. The molecule has 1 aliphatic carbocycles. The van der Waals surface area contributed by atoms with Crippen LogP contribution in [0.2, 0.25) is 0 Å². The smallest absolute Gasteiger partial charge is 0.118 e. The number of thioether (sulfide) groups is 1. The molecular weight excluding hydrogens is 266 g/mol. The summed E-state index contributed by atoms with van der Waals surface area (Å²) in [4.78, 5) is 0. The zero-order valence-corrected chi connectivity index (χ0v) is 13.5. The summed E-state index contributed by atoms with van der Waals surface area (Å²) in [5, 5.41) is 4.49.